The van der Waals surface area contributed by atoms with E-state index < -0.39 is 11.6 Å². The number of halogens is 3. The number of rotatable bonds is 4. The van der Waals surface area contributed by atoms with Crippen LogP contribution in [0.1, 0.15) is 5.56 Å². The van der Waals surface area contributed by atoms with E-state index in [1.807, 2.05) is 18.2 Å². The molecule has 2 aromatic carbocycles. The maximum absolute atomic E-state index is 13.8. The first-order chi connectivity index (χ1) is 14.6. The Morgan fingerprint density at radius 1 is 1.13 bits per heavy atom. The van der Waals surface area contributed by atoms with E-state index in [9.17, 15) is 8.78 Å². The van der Waals surface area contributed by atoms with Gasteiger partial charge in [-0.25, -0.2) is 18.8 Å². The SMILES string of the molecule is Fc1cc2cc(CNC3=C4NCNC4NC=N3)c(-c3ccccc3Cl)nc2cc1F. The standard InChI is InChI=1S/C21H17ClF2N6/c22-14-4-2-1-3-13(14)18-12(5-11-6-15(23)16(24)7-17(11)30-18)8-25-20-19-21(27-9-26-19)29-10-28-20/h1-7,10,21,25-27H,8-9H2,(H,28,29). The molecule has 3 aromatic rings. The molecule has 0 saturated carbocycles. The lowest BCUT2D eigenvalue weighted by Gasteiger charge is -2.20. The Hall–Kier alpha value is -3.23. The van der Waals surface area contributed by atoms with E-state index in [2.05, 4.69) is 31.2 Å². The van der Waals surface area contributed by atoms with Gasteiger partial charge in [-0.1, -0.05) is 29.8 Å². The third kappa shape index (κ3) is 3.34. The second-order valence-electron chi connectivity index (χ2n) is 6.97. The Morgan fingerprint density at radius 3 is 2.83 bits per heavy atom. The largest absolute Gasteiger partial charge is 0.370 e. The Balaban J connectivity index is 1.59. The molecule has 9 heteroatoms. The smallest absolute Gasteiger partial charge is 0.161 e. The quantitative estimate of drug-likeness (QED) is 0.515. The molecule has 0 aliphatic carbocycles. The number of hydrogen-bond acceptors (Lipinski definition) is 6. The van der Waals surface area contributed by atoms with Crippen LogP contribution in [0.15, 0.2) is 59.0 Å². The molecule has 1 unspecified atom stereocenters. The first-order valence-electron chi connectivity index (χ1n) is 9.37. The van der Waals surface area contributed by atoms with Gasteiger partial charge in [-0.3, -0.25) is 5.32 Å². The molecule has 0 bridgehead atoms. The number of hydrogen-bond donors (Lipinski definition) is 4. The molecule has 2 aliphatic heterocycles. The maximum atomic E-state index is 13.8. The minimum atomic E-state index is -0.937. The summed E-state index contributed by atoms with van der Waals surface area (Å²) < 4.78 is 27.6. The fourth-order valence-corrected chi connectivity index (χ4v) is 3.84. The van der Waals surface area contributed by atoms with Gasteiger partial charge in [0, 0.05) is 28.6 Å². The van der Waals surface area contributed by atoms with E-state index in [1.165, 1.54) is 0 Å². The van der Waals surface area contributed by atoms with Crippen LogP contribution in [-0.2, 0) is 6.54 Å². The third-order valence-electron chi connectivity index (χ3n) is 5.07. The molecule has 2 aliphatic rings. The van der Waals surface area contributed by atoms with Gasteiger partial charge in [0.2, 0.25) is 0 Å². The first-order valence-corrected chi connectivity index (χ1v) is 9.75. The predicted octanol–water partition coefficient (Wildman–Crippen LogP) is 3.20. The zero-order valence-electron chi connectivity index (χ0n) is 15.6. The molecule has 152 valence electrons. The van der Waals surface area contributed by atoms with Crippen molar-refractivity contribution >= 4 is 28.8 Å². The van der Waals surface area contributed by atoms with Crippen LogP contribution in [0.2, 0.25) is 5.02 Å². The topological polar surface area (TPSA) is 73.4 Å². The van der Waals surface area contributed by atoms with Crippen LogP contribution in [-0.4, -0.2) is 24.2 Å². The van der Waals surface area contributed by atoms with E-state index >= 15 is 0 Å². The van der Waals surface area contributed by atoms with Crippen molar-refractivity contribution in [3.63, 3.8) is 0 Å². The number of aliphatic imine (C=N–C) groups is 1. The first kappa shape index (κ1) is 18.8. The highest BCUT2D eigenvalue weighted by Gasteiger charge is 2.25. The molecule has 1 fully saturated rings. The van der Waals surface area contributed by atoms with Gasteiger partial charge in [-0.15, -0.1) is 0 Å². The predicted molar refractivity (Wildman–Crippen MR) is 113 cm³/mol. The molecule has 5 rings (SSSR count). The van der Waals surface area contributed by atoms with Gasteiger partial charge in [-0.2, -0.15) is 0 Å². The van der Waals surface area contributed by atoms with Crippen LogP contribution in [0.4, 0.5) is 8.78 Å². The minimum Gasteiger partial charge on any atom is -0.370 e. The number of aromatic nitrogens is 1. The summed E-state index contributed by atoms with van der Waals surface area (Å²) in [6, 6.07) is 11.4. The van der Waals surface area contributed by atoms with Gasteiger partial charge in [-0.05, 0) is 23.8 Å². The molecule has 0 radical (unpaired) electrons. The molecule has 1 saturated heterocycles. The third-order valence-corrected chi connectivity index (χ3v) is 5.40. The van der Waals surface area contributed by atoms with Crippen LogP contribution in [0, 0.1) is 11.6 Å². The second-order valence-corrected chi connectivity index (χ2v) is 7.37. The summed E-state index contributed by atoms with van der Waals surface area (Å²) in [5.41, 5.74) is 3.37. The number of nitrogens with one attached hydrogen (secondary N) is 4. The molecule has 0 spiro atoms. The Labute approximate surface area is 176 Å². The number of benzene rings is 2. The average molecular weight is 427 g/mol. The molecular weight excluding hydrogens is 410 g/mol. The maximum Gasteiger partial charge on any atom is 0.161 e. The summed E-state index contributed by atoms with van der Waals surface area (Å²) in [5.74, 6) is -1.15. The van der Waals surface area contributed by atoms with Crippen molar-refractivity contribution in [2.45, 2.75) is 12.7 Å². The van der Waals surface area contributed by atoms with Gasteiger partial charge >= 0.3 is 0 Å². The molecular formula is C21H17ClF2N6. The van der Waals surface area contributed by atoms with Crippen LogP contribution in [0.3, 0.4) is 0 Å². The van der Waals surface area contributed by atoms with Crippen molar-refractivity contribution in [3.8, 4) is 11.3 Å². The van der Waals surface area contributed by atoms with Crippen LogP contribution >= 0.6 is 11.6 Å². The van der Waals surface area contributed by atoms with Crippen molar-refractivity contribution in [1.82, 2.24) is 26.3 Å². The number of pyridine rings is 1. The zero-order chi connectivity index (χ0) is 20.7. The van der Waals surface area contributed by atoms with E-state index in [0.29, 0.717) is 46.2 Å². The van der Waals surface area contributed by atoms with Gasteiger partial charge in [0.15, 0.2) is 17.5 Å². The van der Waals surface area contributed by atoms with Crippen LogP contribution in [0.5, 0.6) is 0 Å². The van der Waals surface area contributed by atoms with Crippen LogP contribution in [0.25, 0.3) is 22.2 Å². The van der Waals surface area contributed by atoms with Gasteiger partial charge in [0.05, 0.1) is 29.9 Å². The lowest BCUT2D eigenvalue weighted by atomic mass is 10.0. The molecule has 6 nitrogen and oxygen atoms in total. The second kappa shape index (κ2) is 7.55. The van der Waals surface area contributed by atoms with Crippen molar-refractivity contribution in [3.05, 3.63) is 76.2 Å². The van der Waals surface area contributed by atoms with Crippen molar-refractivity contribution in [1.29, 1.82) is 0 Å². The van der Waals surface area contributed by atoms with Crippen LogP contribution < -0.4 is 21.3 Å². The number of fused-ring (bicyclic) bond motifs is 2. The van der Waals surface area contributed by atoms with E-state index in [1.54, 1.807) is 18.5 Å². The summed E-state index contributed by atoms with van der Waals surface area (Å²) in [7, 11) is 0. The highest BCUT2D eigenvalue weighted by Crippen LogP contribution is 2.32. The average Bonchev–Trinajstić information content (AvgIpc) is 3.23. The number of nitrogens with zero attached hydrogens (tertiary/aromatic N) is 2. The normalized spacial score (nSPS) is 17.6. The van der Waals surface area contributed by atoms with E-state index in [4.69, 9.17) is 11.6 Å². The highest BCUT2D eigenvalue weighted by atomic mass is 35.5. The lowest BCUT2D eigenvalue weighted by Crippen LogP contribution is -2.41. The Kier molecular flexibility index (Phi) is 4.72. The summed E-state index contributed by atoms with van der Waals surface area (Å²) >= 11 is 6.41. The van der Waals surface area contributed by atoms with Crippen molar-refractivity contribution < 1.29 is 8.78 Å². The molecule has 1 aromatic heterocycles. The summed E-state index contributed by atoms with van der Waals surface area (Å²) in [6.45, 7) is 1.00. The van der Waals surface area contributed by atoms with Gasteiger partial charge < -0.3 is 16.0 Å². The molecule has 3 heterocycles. The summed E-state index contributed by atoms with van der Waals surface area (Å²) in [5, 5.41) is 14.0. The summed E-state index contributed by atoms with van der Waals surface area (Å²) in [4.78, 5) is 8.98. The fraction of sp³-hybridized carbons (Fsp3) is 0.143. The minimum absolute atomic E-state index is 0.0279. The zero-order valence-corrected chi connectivity index (χ0v) is 16.4. The summed E-state index contributed by atoms with van der Waals surface area (Å²) in [6.07, 6.45) is 1.60. The molecule has 4 N–H and O–H groups in total. The van der Waals surface area contributed by atoms with Crippen molar-refractivity contribution in [2.75, 3.05) is 6.67 Å². The Morgan fingerprint density at radius 2 is 1.97 bits per heavy atom. The van der Waals surface area contributed by atoms with E-state index in [0.717, 1.165) is 23.4 Å². The monoisotopic (exact) mass is 426 g/mol. The highest BCUT2D eigenvalue weighted by molar-refractivity contribution is 6.33. The molecule has 1 atom stereocenters. The molecule has 30 heavy (non-hydrogen) atoms. The Bertz CT molecular complexity index is 1210. The van der Waals surface area contributed by atoms with Crippen molar-refractivity contribution in [2.24, 2.45) is 4.99 Å². The fourth-order valence-electron chi connectivity index (χ4n) is 3.61. The molecule has 0 amide bonds. The lowest BCUT2D eigenvalue weighted by molar-refractivity contribution is 0.510. The van der Waals surface area contributed by atoms with Gasteiger partial charge in [0.25, 0.3) is 0 Å². The van der Waals surface area contributed by atoms with Gasteiger partial charge in [0.1, 0.15) is 6.17 Å². The van der Waals surface area contributed by atoms with E-state index in [-0.39, 0.29) is 6.17 Å².